The Labute approximate surface area is 625 Å². The summed E-state index contributed by atoms with van der Waals surface area (Å²) in [7, 11) is 0. The first-order valence-electron chi connectivity index (χ1n) is 37.0. The lowest BCUT2D eigenvalue weighted by Gasteiger charge is -2.40. The standard InChI is InChI=1S/C96H55B3N4O4S/c1-5-25-58(26-6-1)100-73-42-18-13-33-64(73)86-77(100)53-82-89-92(86)102(60-29-9-3-10-30-60)75-49-47-56(51-71(75)98(89)69-40-16-21-45-79(69)104-82)62-34-23-36-65-87-81(107-95(62)65)54-83-90-93(87)103(61-31-11-4-12-32-61)76-50-48-57(52-72(76)99(90)70-41-17-22-46-80(70)105-83)63-35-24-37-66-88-85(108-96(63)66)55-84-91-94(88)101(59-27-7-2-8-28-59)74-43-19-14-38-67(74)97(91)68-39-15-20-44-78(68)106-84/h1-55H. The monoisotopic (exact) mass is 1390 g/mol. The molecule has 498 valence electrons. The van der Waals surface area contributed by atoms with Crippen LogP contribution in [-0.2, 0) is 0 Å². The van der Waals surface area contributed by atoms with Gasteiger partial charge in [-0.1, -0.05) is 224 Å². The van der Waals surface area contributed by atoms with E-state index in [0.717, 1.165) is 152 Å². The molecule has 0 N–H and O–H groups in total. The van der Waals surface area contributed by atoms with E-state index in [4.69, 9.17) is 18.6 Å². The van der Waals surface area contributed by atoms with Gasteiger partial charge in [0.05, 0.1) is 33.5 Å². The number of benzene rings is 16. The molecule has 0 amide bonds. The Kier molecular flexibility index (Phi) is 11.9. The predicted molar refractivity (Wildman–Crippen MR) is 449 cm³/mol. The van der Waals surface area contributed by atoms with Gasteiger partial charge in [-0.25, -0.2) is 0 Å². The van der Waals surface area contributed by atoms with Gasteiger partial charge in [-0.15, -0.1) is 11.3 Å². The van der Waals surface area contributed by atoms with Gasteiger partial charge in [0.15, 0.2) is 0 Å². The number of nitrogens with zero attached hydrogens (tertiary/aromatic N) is 4. The Hall–Kier alpha value is -13.7. The molecule has 0 atom stereocenters. The molecule has 6 aliphatic rings. The number of rotatable bonds is 6. The minimum Gasteiger partial charge on any atom is -0.458 e. The molecule has 0 spiro atoms. The van der Waals surface area contributed by atoms with Crippen molar-refractivity contribution in [2.24, 2.45) is 0 Å². The van der Waals surface area contributed by atoms with Crippen LogP contribution in [0.2, 0.25) is 0 Å². The first kappa shape index (κ1) is 58.7. The average Bonchev–Trinajstić information content (AvgIpc) is 1.35. The van der Waals surface area contributed by atoms with Crippen LogP contribution in [0.25, 0.3) is 91.9 Å². The summed E-state index contributed by atoms with van der Waals surface area (Å²) >= 11 is 1.86. The molecule has 0 fully saturated rings. The third kappa shape index (κ3) is 7.95. The van der Waals surface area contributed by atoms with Gasteiger partial charge in [-0.3, -0.25) is 0 Å². The van der Waals surface area contributed by atoms with Gasteiger partial charge >= 0.3 is 0 Å². The number of hydrogen-bond donors (Lipinski definition) is 0. The van der Waals surface area contributed by atoms with Crippen molar-refractivity contribution in [3.8, 4) is 62.4 Å². The van der Waals surface area contributed by atoms with Crippen LogP contribution < -0.4 is 78.1 Å². The molecule has 0 saturated heterocycles. The van der Waals surface area contributed by atoms with Crippen molar-refractivity contribution in [2.75, 3.05) is 14.7 Å². The second kappa shape index (κ2) is 22.0. The molecule has 12 heteroatoms. The number of anilines is 9. The summed E-state index contributed by atoms with van der Waals surface area (Å²) < 4.78 is 33.9. The van der Waals surface area contributed by atoms with Crippen LogP contribution in [0.5, 0.6) is 34.5 Å². The molecule has 0 aliphatic carbocycles. The number of para-hydroxylation sites is 10. The van der Waals surface area contributed by atoms with Crippen LogP contribution in [0.1, 0.15) is 0 Å². The van der Waals surface area contributed by atoms with E-state index in [0.29, 0.717) is 0 Å². The van der Waals surface area contributed by atoms with Crippen molar-refractivity contribution in [3.05, 3.63) is 334 Å². The Morgan fingerprint density at radius 3 is 1.31 bits per heavy atom. The number of thiophene rings is 1. The summed E-state index contributed by atoms with van der Waals surface area (Å²) in [5, 5.41) is 6.86. The molecule has 0 bridgehead atoms. The molecule has 25 rings (SSSR count). The normalized spacial score (nSPS) is 13.7. The average molecular weight is 1390 g/mol. The summed E-state index contributed by atoms with van der Waals surface area (Å²) in [6.45, 7) is -0.404. The number of hydrogen-bond acceptors (Lipinski definition) is 8. The van der Waals surface area contributed by atoms with Crippen LogP contribution in [0.4, 0.5) is 51.2 Å². The highest BCUT2D eigenvalue weighted by Gasteiger charge is 2.48. The van der Waals surface area contributed by atoms with Crippen LogP contribution >= 0.6 is 11.3 Å². The van der Waals surface area contributed by atoms with E-state index in [1.165, 1.54) is 75.2 Å². The zero-order chi connectivity index (χ0) is 70.1. The SMILES string of the molecule is c1ccc(N2c3ccc(-c4cccc5c4sc4cc6c7c(c45)N(c4ccccc4)c4ccccc4B7c4ccccc4O6)cc3B3c4ccccc4Oc4cc5oc6c(-c7ccc8c(c7)B7c9ccccc9Oc9cc%10c(c(c97)N8c7ccccc7)c7ccccc7n%10-c7ccccc7)cccc6c5c2c43)cc1. The van der Waals surface area contributed by atoms with Crippen LogP contribution in [0.15, 0.2) is 338 Å². The third-order valence-corrected chi connectivity index (χ3v) is 24.9. The van der Waals surface area contributed by atoms with E-state index in [2.05, 4.69) is 353 Å². The van der Waals surface area contributed by atoms with Gasteiger partial charge in [-0.2, -0.15) is 0 Å². The first-order valence-corrected chi connectivity index (χ1v) is 37.9. The molecule has 108 heavy (non-hydrogen) atoms. The van der Waals surface area contributed by atoms with Crippen molar-refractivity contribution in [1.82, 2.24) is 4.57 Å². The topological polar surface area (TPSA) is 55.5 Å². The van der Waals surface area contributed by atoms with E-state index in [1.807, 2.05) is 11.3 Å². The summed E-state index contributed by atoms with van der Waals surface area (Å²) in [5.41, 5.74) is 29.7. The second-order valence-electron chi connectivity index (χ2n) is 29.1. The van der Waals surface area contributed by atoms with Crippen molar-refractivity contribution in [3.63, 3.8) is 0 Å². The fourth-order valence-electron chi connectivity index (χ4n) is 19.4. The third-order valence-electron chi connectivity index (χ3n) is 23.7. The Morgan fingerprint density at radius 1 is 0.278 bits per heavy atom. The maximum Gasteiger partial charge on any atom is 0.256 e. The maximum absolute atomic E-state index is 7.54. The zero-order valence-corrected chi connectivity index (χ0v) is 58.6. The molecular formula is C96H55B3N4O4S. The molecule has 0 saturated carbocycles. The molecular weight excluding hydrogens is 1340 g/mol. The van der Waals surface area contributed by atoms with Gasteiger partial charge in [0.2, 0.25) is 0 Å². The van der Waals surface area contributed by atoms with E-state index in [-0.39, 0.29) is 20.1 Å². The highest BCUT2D eigenvalue weighted by atomic mass is 32.1. The zero-order valence-electron chi connectivity index (χ0n) is 57.8. The van der Waals surface area contributed by atoms with E-state index < -0.39 is 0 Å². The number of ether oxygens (including phenoxy) is 3. The summed E-state index contributed by atoms with van der Waals surface area (Å²) in [6, 6.07) is 122. The van der Waals surface area contributed by atoms with Crippen LogP contribution in [0.3, 0.4) is 0 Å². The van der Waals surface area contributed by atoms with Gasteiger partial charge < -0.3 is 37.9 Å². The highest BCUT2D eigenvalue weighted by molar-refractivity contribution is 7.26. The first-order chi connectivity index (χ1) is 53.6. The summed E-state index contributed by atoms with van der Waals surface area (Å²) in [4.78, 5) is 7.47. The van der Waals surface area contributed by atoms with Crippen molar-refractivity contribution < 1.29 is 18.6 Å². The molecule has 6 aliphatic heterocycles. The fraction of sp³-hybridized carbons (Fsp3) is 0. The fourth-order valence-corrected chi connectivity index (χ4v) is 20.7. The predicted octanol–water partition coefficient (Wildman–Crippen LogP) is 19.6. The van der Waals surface area contributed by atoms with E-state index in [1.54, 1.807) is 0 Å². The van der Waals surface area contributed by atoms with Crippen molar-refractivity contribution in [2.45, 2.75) is 0 Å². The summed E-state index contributed by atoms with van der Waals surface area (Å²) in [6.07, 6.45) is 0. The Morgan fingerprint density at radius 2 is 0.713 bits per heavy atom. The lowest BCUT2D eigenvalue weighted by molar-refractivity contribution is 0.487. The quantitative estimate of drug-likeness (QED) is 0.154. The van der Waals surface area contributed by atoms with E-state index in [9.17, 15) is 0 Å². The highest BCUT2D eigenvalue weighted by Crippen LogP contribution is 2.55. The molecule has 8 nitrogen and oxygen atoms in total. The van der Waals surface area contributed by atoms with Crippen LogP contribution in [0, 0.1) is 0 Å². The molecule has 16 aromatic carbocycles. The minimum atomic E-state index is -0.208. The Bertz CT molecular complexity index is 7160. The van der Waals surface area contributed by atoms with Gasteiger partial charge in [0.25, 0.3) is 20.1 Å². The number of furan rings is 1. The second-order valence-corrected chi connectivity index (χ2v) is 30.2. The van der Waals surface area contributed by atoms with Crippen molar-refractivity contribution >= 4 is 196 Å². The maximum atomic E-state index is 7.54. The van der Waals surface area contributed by atoms with Gasteiger partial charge in [-0.05, 0) is 163 Å². The smallest absolute Gasteiger partial charge is 0.256 e. The van der Waals surface area contributed by atoms with E-state index >= 15 is 0 Å². The number of fused-ring (bicyclic) bond motifs is 24. The molecule has 9 heterocycles. The van der Waals surface area contributed by atoms with Gasteiger partial charge in [0.1, 0.15) is 45.7 Å². The molecule has 3 aromatic heterocycles. The van der Waals surface area contributed by atoms with Gasteiger partial charge in [0, 0.05) is 93.8 Å². The molecule has 0 radical (unpaired) electrons. The number of aromatic nitrogens is 1. The minimum absolute atomic E-state index is 0.0168. The largest absolute Gasteiger partial charge is 0.458 e. The van der Waals surface area contributed by atoms with Crippen LogP contribution in [-0.4, -0.2) is 24.7 Å². The summed E-state index contributed by atoms with van der Waals surface area (Å²) in [5.74, 6) is 5.11. The lowest BCUT2D eigenvalue weighted by Crippen LogP contribution is -2.59. The molecule has 0 unspecified atom stereocenters. The lowest BCUT2D eigenvalue weighted by atomic mass is 9.34. The Balaban J connectivity index is 0.685. The molecule has 19 aromatic rings. The van der Waals surface area contributed by atoms with Crippen molar-refractivity contribution in [1.29, 1.82) is 0 Å².